The number of esters is 1. The molecule has 0 aliphatic carbocycles. The quantitative estimate of drug-likeness (QED) is 0.556. The van der Waals surface area contributed by atoms with Crippen LogP contribution in [-0.2, 0) is 14.3 Å². The number of rotatable bonds is 5. The average Bonchev–Trinajstić information content (AvgIpc) is 2.73. The fourth-order valence-corrected chi connectivity index (χ4v) is 3.28. The van der Waals surface area contributed by atoms with Crippen molar-refractivity contribution in [2.24, 2.45) is 11.8 Å². The lowest BCUT2D eigenvalue weighted by atomic mass is 9.73. The molecular weight excluding hydrogens is 228 g/mol. The first kappa shape index (κ1) is 13.3. The van der Waals surface area contributed by atoms with Crippen LogP contribution in [0.2, 0.25) is 0 Å². The van der Waals surface area contributed by atoms with Crippen molar-refractivity contribution in [2.45, 2.75) is 37.7 Å². The Bertz CT molecular complexity index is 329. The lowest BCUT2D eigenvalue weighted by Gasteiger charge is -2.41. The lowest BCUT2D eigenvalue weighted by molar-refractivity contribution is -0.160. The van der Waals surface area contributed by atoms with Gasteiger partial charge in [0.1, 0.15) is 0 Å². The van der Waals surface area contributed by atoms with Gasteiger partial charge in [-0.2, -0.15) is 0 Å². The first-order valence-corrected chi connectivity index (χ1v) is 6.76. The number of cyclic esters (lactones) is 1. The molecule has 2 aliphatic rings. The molecule has 0 aromatic rings. The Morgan fingerprint density at radius 1 is 1.33 bits per heavy atom. The minimum Gasteiger partial charge on any atom is -0.465 e. The molecular formula is C15H22O3. The Balaban J connectivity index is 2.24. The van der Waals surface area contributed by atoms with Crippen LogP contribution in [0.25, 0.3) is 0 Å². The largest absolute Gasteiger partial charge is 0.465 e. The molecule has 0 saturated carbocycles. The number of ether oxygens (including phenoxy) is 2. The summed E-state index contributed by atoms with van der Waals surface area (Å²) in [7, 11) is 0. The van der Waals surface area contributed by atoms with E-state index >= 15 is 0 Å². The van der Waals surface area contributed by atoms with Crippen molar-refractivity contribution in [3.63, 3.8) is 0 Å². The van der Waals surface area contributed by atoms with Crippen LogP contribution in [0.5, 0.6) is 0 Å². The summed E-state index contributed by atoms with van der Waals surface area (Å²) in [5.74, 6) is -0.0625. The first-order chi connectivity index (χ1) is 8.73. The van der Waals surface area contributed by atoms with Gasteiger partial charge in [-0.15, -0.1) is 13.2 Å². The Labute approximate surface area is 109 Å². The average molecular weight is 250 g/mol. The van der Waals surface area contributed by atoms with E-state index in [9.17, 15) is 4.79 Å². The Morgan fingerprint density at radius 2 is 2.17 bits per heavy atom. The first-order valence-electron chi connectivity index (χ1n) is 6.76. The summed E-state index contributed by atoms with van der Waals surface area (Å²) in [6.45, 7) is 8.82. The van der Waals surface area contributed by atoms with Crippen LogP contribution in [0, 0.1) is 11.8 Å². The van der Waals surface area contributed by atoms with Gasteiger partial charge in [0.05, 0.1) is 18.1 Å². The molecule has 100 valence electrons. The van der Waals surface area contributed by atoms with Crippen LogP contribution in [0.3, 0.4) is 0 Å². The van der Waals surface area contributed by atoms with E-state index in [1.807, 2.05) is 12.2 Å². The monoisotopic (exact) mass is 250 g/mol. The third-order valence-electron chi connectivity index (χ3n) is 4.07. The normalized spacial score (nSPS) is 36.1. The van der Waals surface area contributed by atoms with Gasteiger partial charge in [-0.3, -0.25) is 4.79 Å². The molecule has 0 spiro atoms. The molecule has 3 nitrogen and oxygen atoms in total. The Kier molecular flexibility index (Phi) is 4.23. The van der Waals surface area contributed by atoms with E-state index in [1.54, 1.807) is 0 Å². The fraction of sp³-hybridized carbons (Fsp3) is 0.667. The van der Waals surface area contributed by atoms with Crippen LogP contribution in [0.15, 0.2) is 25.3 Å². The van der Waals surface area contributed by atoms with Gasteiger partial charge in [0, 0.05) is 12.5 Å². The molecule has 18 heavy (non-hydrogen) atoms. The molecule has 0 N–H and O–H groups in total. The van der Waals surface area contributed by atoms with Crippen LogP contribution >= 0.6 is 0 Å². The molecule has 3 unspecified atom stereocenters. The van der Waals surface area contributed by atoms with Gasteiger partial charge in [0.2, 0.25) is 0 Å². The molecule has 3 heteroatoms. The molecule has 2 saturated heterocycles. The van der Waals surface area contributed by atoms with Crippen molar-refractivity contribution < 1.29 is 14.3 Å². The molecule has 2 heterocycles. The van der Waals surface area contributed by atoms with Crippen molar-refractivity contribution in [1.29, 1.82) is 0 Å². The highest BCUT2D eigenvalue weighted by Crippen LogP contribution is 2.43. The van der Waals surface area contributed by atoms with E-state index < -0.39 is 0 Å². The van der Waals surface area contributed by atoms with E-state index in [0.717, 1.165) is 38.7 Å². The number of allylic oxidation sites excluding steroid dienone is 1. The number of carbonyl (C=O) groups excluding carboxylic acids is 1. The van der Waals surface area contributed by atoms with Crippen molar-refractivity contribution in [3.05, 3.63) is 25.3 Å². The van der Waals surface area contributed by atoms with Crippen LogP contribution < -0.4 is 0 Å². The minimum atomic E-state index is -0.388. The zero-order valence-corrected chi connectivity index (χ0v) is 10.9. The summed E-state index contributed by atoms with van der Waals surface area (Å²) < 4.78 is 11.3. The van der Waals surface area contributed by atoms with Crippen LogP contribution in [0.1, 0.15) is 32.1 Å². The third-order valence-corrected chi connectivity index (χ3v) is 4.07. The molecule has 3 atom stereocenters. The van der Waals surface area contributed by atoms with E-state index in [4.69, 9.17) is 9.47 Å². The molecule has 0 aromatic heterocycles. The predicted octanol–water partition coefficient (Wildman–Crippen LogP) is 2.87. The van der Waals surface area contributed by atoms with Gasteiger partial charge in [-0.1, -0.05) is 12.2 Å². The van der Waals surface area contributed by atoms with E-state index in [-0.39, 0.29) is 23.4 Å². The van der Waals surface area contributed by atoms with Gasteiger partial charge < -0.3 is 9.47 Å². The number of hydrogen-bond acceptors (Lipinski definition) is 3. The lowest BCUT2D eigenvalue weighted by Crippen LogP contribution is -2.47. The van der Waals surface area contributed by atoms with Gasteiger partial charge in [0.25, 0.3) is 0 Å². The van der Waals surface area contributed by atoms with Crippen molar-refractivity contribution in [3.8, 4) is 0 Å². The highest BCUT2D eigenvalue weighted by atomic mass is 16.5. The number of hydrogen-bond donors (Lipinski definition) is 0. The summed E-state index contributed by atoms with van der Waals surface area (Å²) in [6, 6.07) is 0. The minimum absolute atomic E-state index is 0.106. The topological polar surface area (TPSA) is 35.5 Å². The molecule has 2 fully saturated rings. The van der Waals surface area contributed by atoms with Gasteiger partial charge >= 0.3 is 5.97 Å². The number of carbonyl (C=O) groups is 1. The second-order valence-electron chi connectivity index (χ2n) is 5.26. The fourth-order valence-electron chi connectivity index (χ4n) is 3.28. The van der Waals surface area contributed by atoms with Gasteiger partial charge in [0.15, 0.2) is 0 Å². The van der Waals surface area contributed by atoms with E-state index in [2.05, 4.69) is 13.2 Å². The maximum Gasteiger partial charge on any atom is 0.312 e. The third kappa shape index (κ3) is 2.37. The van der Waals surface area contributed by atoms with Crippen molar-refractivity contribution in [1.82, 2.24) is 0 Å². The van der Waals surface area contributed by atoms with Crippen molar-refractivity contribution >= 4 is 5.97 Å². The maximum absolute atomic E-state index is 12.1. The smallest absolute Gasteiger partial charge is 0.312 e. The van der Waals surface area contributed by atoms with Gasteiger partial charge in [-0.25, -0.2) is 0 Å². The summed E-state index contributed by atoms with van der Waals surface area (Å²) in [6.07, 6.45) is 8.36. The summed E-state index contributed by atoms with van der Waals surface area (Å²) in [5.41, 5.74) is -0.388. The zero-order valence-electron chi connectivity index (χ0n) is 10.9. The van der Waals surface area contributed by atoms with Crippen LogP contribution in [0.4, 0.5) is 0 Å². The summed E-state index contributed by atoms with van der Waals surface area (Å²) in [4.78, 5) is 12.1. The Morgan fingerprint density at radius 3 is 2.78 bits per heavy atom. The zero-order chi connectivity index (χ0) is 13.0. The second kappa shape index (κ2) is 5.70. The summed E-state index contributed by atoms with van der Waals surface area (Å²) >= 11 is 0. The van der Waals surface area contributed by atoms with E-state index in [0.29, 0.717) is 6.61 Å². The SMILES string of the molecule is C=CCC1COC(=O)C1C1(CC=C)CCCCO1. The predicted molar refractivity (Wildman–Crippen MR) is 70.1 cm³/mol. The highest BCUT2D eigenvalue weighted by Gasteiger charge is 2.52. The molecule has 0 amide bonds. The van der Waals surface area contributed by atoms with Gasteiger partial charge in [-0.05, 0) is 32.1 Å². The molecule has 2 aliphatic heterocycles. The highest BCUT2D eigenvalue weighted by molar-refractivity contribution is 5.76. The Hall–Kier alpha value is -1.09. The molecule has 2 rings (SSSR count). The second-order valence-corrected chi connectivity index (χ2v) is 5.26. The van der Waals surface area contributed by atoms with Crippen molar-refractivity contribution in [2.75, 3.05) is 13.2 Å². The van der Waals surface area contributed by atoms with E-state index in [1.165, 1.54) is 0 Å². The molecule has 0 aromatic carbocycles. The van der Waals surface area contributed by atoms with Crippen LogP contribution in [-0.4, -0.2) is 24.8 Å². The summed E-state index contributed by atoms with van der Waals surface area (Å²) in [5, 5.41) is 0. The molecule has 0 bridgehead atoms. The standard InChI is InChI=1S/C15H22O3/c1-3-7-12-11-17-14(16)13(12)15(8-4-2)9-5-6-10-18-15/h3-4,12-13H,1-2,5-11H2. The molecule has 0 radical (unpaired) electrons. The maximum atomic E-state index is 12.1.